The Morgan fingerprint density at radius 3 is 2.34 bits per heavy atom. The topological polar surface area (TPSA) is 111 Å². The highest BCUT2D eigenvalue weighted by atomic mass is 32.2. The van der Waals surface area contributed by atoms with Crippen LogP contribution in [0.5, 0.6) is 0 Å². The van der Waals surface area contributed by atoms with Crippen molar-refractivity contribution in [3.8, 4) is 0 Å². The number of fused-ring (bicyclic) bond motifs is 1. The fourth-order valence-corrected chi connectivity index (χ4v) is 3.97. The Bertz CT molecular complexity index is 1400. The summed E-state index contributed by atoms with van der Waals surface area (Å²) in [6.45, 7) is 0.178. The number of benzene rings is 3. The van der Waals surface area contributed by atoms with E-state index in [1.165, 1.54) is 18.2 Å². The molecule has 0 fully saturated rings. The van der Waals surface area contributed by atoms with Crippen molar-refractivity contribution in [2.75, 3.05) is 35.6 Å². The number of rotatable bonds is 8. The number of nitrogens with zero attached hydrogens (tertiary/aromatic N) is 4. The molecule has 9 nitrogen and oxygen atoms in total. The zero-order valence-corrected chi connectivity index (χ0v) is 19.8. The number of halogens is 1. The average molecular weight is 495 g/mol. The van der Waals surface area contributed by atoms with E-state index < -0.39 is 17.1 Å². The fourth-order valence-electron chi connectivity index (χ4n) is 3.40. The van der Waals surface area contributed by atoms with Crippen LogP contribution in [0.3, 0.4) is 0 Å². The minimum absolute atomic E-state index is 0.0468. The molecule has 0 aliphatic carbocycles. The van der Waals surface area contributed by atoms with E-state index in [4.69, 9.17) is 0 Å². The number of carbonyl (C=O) groups is 1. The first-order chi connectivity index (χ1) is 16.8. The largest absolute Gasteiger partial charge is 0.337 e. The molecule has 1 atom stereocenters. The van der Waals surface area contributed by atoms with Gasteiger partial charge in [0.1, 0.15) is 5.82 Å². The Labute approximate surface area is 204 Å². The van der Waals surface area contributed by atoms with Gasteiger partial charge in [0, 0.05) is 11.4 Å². The van der Waals surface area contributed by atoms with Crippen LogP contribution in [0.15, 0.2) is 72.8 Å². The van der Waals surface area contributed by atoms with E-state index in [0.717, 1.165) is 4.31 Å². The Morgan fingerprint density at radius 1 is 0.971 bits per heavy atom. The Hall–Kier alpha value is -3.93. The van der Waals surface area contributed by atoms with Crippen LogP contribution in [-0.2, 0) is 16.1 Å². The monoisotopic (exact) mass is 494 g/mol. The molecule has 1 amide bonds. The molecule has 0 spiro atoms. The van der Waals surface area contributed by atoms with Crippen LogP contribution in [-0.4, -0.2) is 50.2 Å². The van der Waals surface area contributed by atoms with Crippen LogP contribution < -0.4 is 14.9 Å². The van der Waals surface area contributed by atoms with Crippen LogP contribution in [0.1, 0.15) is 0 Å². The van der Waals surface area contributed by atoms with Crippen molar-refractivity contribution in [1.82, 2.24) is 14.9 Å². The third-order valence-electron chi connectivity index (χ3n) is 4.81. The van der Waals surface area contributed by atoms with E-state index in [0.29, 0.717) is 28.1 Å². The lowest BCUT2D eigenvalue weighted by Gasteiger charge is -2.23. The molecular formula is C24H23FN6O3S. The summed E-state index contributed by atoms with van der Waals surface area (Å²) in [4.78, 5) is 23.1. The van der Waals surface area contributed by atoms with E-state index in [2.05, 4.69) is 20.6 Å². The number of likely N-dealkylation sites (N-methyl/N-ethyl adjacent to an activating group) is 1. The van der Waals surface area contributed by atoms with Crippen molar-refractivity contribution in [1.29, 1.82) is 0 Å². The summed E-state index contributed by atoms with van der Waals surface area (Å²) in [6, 6.07) is 19.3. The normalized spacial score (nSPS) is 11.9. The number of hydrogen-bond donors (Lipinski definition) is 3. The van der Waals surface area contributed by atoms with Gasteiger partial charge >= 0.3 is 0 Å². The lowest BCUT2D eigenvalue weighted by molar-refractivity contribution is -0.116. The summed E-state index contributed by atoms with van der Waals surface area (Å²) in [5.41, 5.74) is 2.17. The maximum absolute atomic E-state index is 13.8. The standard InChI is InChI=1S/C24H23FN6O3S/c1-30(2)15-22(32)26-18-9-6-10-19(14-18)31(35(33)34)24-23(27-17-8-5-7-16(25)13-17)28-20-11-3-4-12-21(20)29-24/h3-14H,15H2,1-2H3,(H,26,32)(H,27,28)(H,33,34). The Balaban J connectivity index is 1.79. The van der Waals surface area contributed by atoms with E-state index in [9.17, 15) is 17.9 Å². The number of hydrogen-bond acceptors (Lipinski definition) is 6. The number of para-hydroxylation sites is 2. The van der Waals surface area contributed by atoms with E-state index in [1.807, 2.05) is 0 Å². The van der Waals surface area contributed by atoms with Crippen LogP contribution in [0, 0.1) is 5.82 Å². The van der Waals surface area contributed by atoms with Crippen molar-refractivity contribution in [2.45, 2.75) is 0 Å². The lowest BCUT2D eigenvalue weighted by atomic mass is 10.2. The van der Waals surface area contributed by atoms with Gasteiger partial charge < -0.3 is 15.5 Å². The first kappa shape index (κ1) is 24.2. The molecule has 4 rings (SSSR count). The van der Waals surface area contributed by atoms with Crippen LogP contribution in [0.4, 0.5) is 33.1 Å². The van der Waals surface area contributed by atoms with Gasteiger partial charge in [0.25, 0.3) is 11.3 Å². The Morgan fingerprint density at radius 2 is 1.66 bits per heavy atom. The summed E-state index contributed by atoms with van der Waals surface area (Å²) in [6.07, 6.45) is 0. The molecule has 0 radical (unpaired) electrons. The summed E-state index contributed by atoms with van der Waals surface area (Å²) in [5.74, 6) is -0.485. The Kier molecular flexibility index (Phi) is 7.30. The van der Waals surface area contributed by atoms with Crippen molar-refractivity contribution < 1.29 is 17.9 Å². The van der Waals surface area contributed by atoms with E-state index >= 15 is 0 Å². The van der Waals surface area contributed by atoms with Gasteiger partial charge in [-0.3, -0.25) is 9.35 Å². The maximum Gasteiger partial charge on any atom is 0.268 e. The summed E-state index contributed by atoms with van der Waals surface area (Å²) >= 11 is -2.56. The summed E-state index contributed by atoms with van der Waals surface area (Å²) < 4.78 is 37.7. The molecule has 1 unspecified atom stereocenters. The van der Waals surface area contributed by atoms with Crippen molar-refractivity contribution in [2.24, 2.45) is 0 Å². The maximum atomic E-state index is 13.8. The molecule has 180 valence electrons. The third kappa shape index (κ3) is 5.96. The second kappa shape index (κ2) is 10.6. The molecule has 0 aliphatic rings. The minimum atomic E-state index is -2.56. The predicted molar refractivity (Wildman–Crippen MR) is 136 cm³/mol. The molecule has 3 aromatic carbocycles. The fraction of sp³-hybridized carbons (Fsp3) is 0.125. The number of anilines is 5. The molecule has 1 heterocycles. The van der Waals surface area contributed by atoms with Gasteiger partial charge in [-0.1, -0.05) is 24.3 Å². The molecule has 4 aromatic rings. The van der Waals surface area contributed by atoms with Crippen LogP contribution in [0.25, 0.3) is 11.0 Å². The van der Waals surface area contributed by atoms with Gasteiger partial charge in [-0.15, -0.1) is 0 Å². The highest BCUT2D eigenvalue weighted by molar-refractivity contribution is 7.81. The van der Waals surface area contributed by atoms with Gasteiger partial charge in [0.05, 0.1) is 23.3 Å². The van der Waals surface area contributed by atoms with Gasteiger partial charge in [0.15, 0.2) is 11.6 Å². The molecule has 0 aliphatic heterocycles. The second-order valence-electron chi connectivity index (χ2n) is 7.88. The van der Waals surface area contributed by atoms with Gasteiger partial charge in [-0.05, 0) is 62.6 Å². The highest BCUT2D eigenvalue weighted by Gasteiger charge is 2.23. The molecule has 0 saturated carbocycles. The first-order valence-corrected chi connectivity index (χ1v) is 11.6. The summed E-state index contributed by atoms with van der Waals surface area (Å²) in [7, 11) is 3.55. The predicted octanol–water partition coefficient (Wildman–Crippen LogP) is 4.29. The average Bonchev–Trinajstić information content (AvgIpc) is 2.79. The van der Waals surface area contributed by atoms with E-state index in [-0.39, 0.29) is 24.1 Å². The second-order valence-corrected chi connectivity index (χ2v) is 8.71. The van der Waals surface area contributed by atoms with Crippen molar-refractivity contribution in [3.63, 3.8) is 0 Å². The molecule has 35 heavy (non-hydrogen) atoms. The summed E-state index contributed by atoms with van der Waals surface area (Å²) in [5, 5.41) is 5.77. The van der Waals surface area contributed by atoms with Crippen LogP contribution >= 0.6 is 0 Å². The van der Waals surface area contributed by atoms with Crippen LogP contribution in [0.2, 0.25) is 0 Å². The van der Waals surface area contributed by atoms with Gasteiger partial charge in [-0.2, -0.15) is 0 Å². The number of nitrogens with one attached hydrogen (secondary N) is 2. The smallest absolute Gasteiger partial charge is 0.268 e. The molecule has 3 N–H and O–H groups in total. The van der Waals surface area contributed by atoms with E-state index in [1.54, 1.807) is 73.6 Å². The number of aromatic nitrogens is 2. The zero-order chi connectivity index (χ0) is 24.9. The molecular weight excluding hydrogens is 471 g/mol. The van der Waals surface area contributed by atoms with Crippen molar-refractivity contribution in [3.05, 3.63) is 78.6 Å². The zero-order valence-electron chi connectivity index (χ0n) is 19.0. The molecule has 0 saturated heterocycles. The molecule has 1 aromatic heterocycles. The quantitative estimate of drug-likeness (QED) is 0.314. The third-order valence-corrected chi connectivity index (χ3v) is 5.51. The number of amides is 1. The first-order valence-electron chi connectivity index (χ1n) is 10.6. The van der Waals surface area contributed by atoms with Gasteiger partial charge in [0.2, 0.25) is 5.91 Å². The molecule has 0 bridgehead atoms. The molecule has 11 heteroatoms. The van der Waals surface area contributed by atoms with Gasteiger partial charge in [-0.25, -0.2) is 22.9 Å². The number of carbonyl (C=O) groups excluding carboxylic acids is 1. The van der Waals surface area contributed by atoms with Crippen molar-refractivity contribution >= 4 is 56.9 Å². The highest BCUT2D eigenvalue weighted by Crippen LogP contribution is 2.34. The lowest BCUT2D eigenvalue weighted by Crippen LogP contribution is -2.27. The SMILES string of the molecule is CN(C)CC(=O)Nc1cccc(N(c2nc3ccccc3nc2Nc2cccc(F)c2)S(=O)O)c1. The minimum Gasteiger partial charge on any atom is -0.337 e.